The first-order chi connectivity index (χ1) is 21.6. The summed E-state index contributed by atoms with van der Waals surface area (Å²) in [5.74, 6) is 0.706. The molecule has 44 heavy (non-hydrogen) atoms. The van der Waals surface area contributed by atoms with Gasteiger partial charge in [0.15, 0.2) is 11.5 Å². The molecule has 5 aromatic carbocycles. The second-order valence-corrected chi connectivity index (χ2v) is 11.0. The first-order valence-electron chi connectivity index (χ1n) is 14.8. The number of rotatable bonds is 10. The summed E-state index contributed by atoms with van der Waals surface area (Å²) in [5, 5.41) is 12.5. The van der Waals surface area contributed by atoms with Crippen LogP contribution in [0.2, 0.25) is 0 Å². The van der Waals surface area contributed by atoms with E-state index < -0.39 is 17.6 Å². The molecule has 0 heterocycles. The van der Waals surface area contributed by atoms with Gasteiger partial charge in [0, 0.05) is 11.3 Å². The maximum absolute atomic E-state index is 12.5. The van der Waals surface area contributed by atoms with Crippen LogP contribution in [0.5, 0.6) is 11.5 Å². The molecular weight excluding hydrogens is 550 g/mol. The number of hydrogen-bond donors (Lipinski definition) is 0. The van der Waals surface area contributed by atoms with Crippen molar-refractivity contribution in [3.63, 3.8) is 0 Å². The lowest BCUT2D eigenvalue weighted by molar-refractivity contribution is -0.526. The Bertz CT molecular complexity index is 1630. The third kappa shape index (κ3) is 5.33. The number of fused-ring (bicyclic) bond motifs is 1. The van der Waals surface area contributed by atoms with Gasteiger partial charge in [-0.3, -0.25) is 10.1 Å². The molecule has 0 N–H and O–H groups in total. The molecule has 222 valence electrons. The number of methoxy groups -OCH3 is 2. The Hall–Kier alpha value is -4.94. The molecule has 0 saturated heterocycles. The summed E-state index contributed by atoms with van der Waals surface area (Å²) in [6, 6.07) is 41.7. The van der Waals surface area contributed by atoms with E-state index in [9.17, 15) is 10.1 Å². The second kappa shape index (κ2) is 12.7. The van der Waals surface area contributed by atoms with E-state index in [2.05, 4.69) is 36.4 Å². The Morgan fingerprint density at radius 3 is 1.73 bits per heavy atom. The van der Waals surface area contributed by atoms with Crippen LogP contribution in [-0.2, 0) is 23.4 Å². The number of nitro groups is 1. The van der Waals surface area contributed by atoms with Crippen LogP contribution in [0.4, 0.5) is 0 Å². The molecule has 0 aromatic heterocycles. The van der Waals surface area contributed by atoms with Crippen molar-refractivity contribution >= 4 is 0 Å². The fraction of sp³-hybridized carbons (Fsp3) is 0.211. The summed E-state index contributed by atoms with van der Waals surface area (Å²) in [5.41, 5.74) is 5.79. The number of hydrogen-bond acceptors (Lipinski definition) is 5. The zero-order valence-corrected chi connectivity index (χ0v) is 24.9. The molecule has 1 aliphatic rings. The van der Waals surface area contributed by atoms with Crippen LogP contribution in [0.1, 0.15) is 51.3 Å². The Morgan fingerprint density at radius 2 is 1.20 bits per heavy atom. The topological polar surface area (TPSA) is 70.8 Å². The quantitative estimate of drug-likeness (QED) is 0.0946. The van der Waals surface area contributed by atoms with Gasteiger partial charge in [0.25, 0.3) is 0 Å². The van der Waals surface area contributed by atoms with Crippen molar-refractivity contribution in [1.82, 2.24) is 0 Å². The van der Waals surface area contributed by atoms with Crippen molar-refractivity contribution in [2.24, 2.45) is 0 Å². The lowest BCUT2D eigenvalue weighted by Crippen LogP contribution is -2.35. The minimum atomic E-state index is -0.916. The molecule has 0 amide bonds. The van der Waals surface area contributed by atoms with E-state index in [-0.39, 0.29) is 11.5 Å². The summed E-state index contributed by atoms with van der Waals surface area (Å²) < 4.78 is 18.4. The molecule has 0 bridgehead atoms. The van der Waals surface area contributed by atoms with Crippen molar-refractivity contribution in [2.45, 2.75) is 37.0 Å². The van der Waals surface area contributed by atoms with E-state index in [0.29, 0.717) is 24.3 Å². The lowest BCUT2D eigenvalue weighted by atomic mass is 9.74. The highest BCUT2D eigenvalue weighted by atomic mass is 16.6. The highest BCUT2D eigenvalue weighted by Gasteiger charge is 2.42. The number of nitrogens with zero attached hydrogens (tertiary/aromatic N) is 1. The maximum Gasteiger partial charge on any atom is 0.224 e. The Labute approximate surface area is 258 Å². The van der Waals surface area contributed by atoms with E-state index in [1.165, 1.54) is 0 Å². The summed E-state index contributed by atoms with van der Waals surface area (Å²) >= 11 is 0. The first-order valence-corrected chi connectivity index (χ1v) is 14.8. The van der Waals surface area contributed by atoms with Crippen molar-refractivity contribution in [3.8, 4) is 11.5 Å². The zero-order chi connectivity index (χ0) is 30.5. The monoisotopic (exact) mass is 585 g/mol. The molecule has 0 fully saturated rings. The summed E-state index contributed by atoms with van der Waals surface area (Å²) in [7, 11) is 3.20. The molecule has 0 unspecified atom stereocenters. The molecule has 2 atom stereocenters. The average Bonchev–Trinajstić information content (AvgIpc) is 3.09. The fourth-order valence-electron chi connectivity index (χ4n) is 6.65. The fourth-order valence-corrected chi connectivity index (χ4v) is 6.65. The minimum absolute atomic E-state index is 0.135. The van der Waals surface area contributed by atoms with Gasteiger partial charge in [0.05, 0.1) is 26.7 Å². The molecular formula is C38H35NO5. The predicted molar refractivity (Wildman–Crippen MR) is 171 cm³/mol. The summed E-state index contributed by atoms with van der Waals surface area (Å²) in [4.78, 5) is 12.4. The lowest BCUT2D eigenvalue weighted by Gasteiger charge is -2.37. The number of ether oxygens (including phenoxy) is 3. The van der Waals surface area contributed by atoms with E-state index in [4.69, 9.17) is 14.2 Å². The summed E-state index contributed by atoms with van der Waals surface area (Å²) in [6.45, 7) is 0.235. The van der Waals surface area contributed by atoms with Crippen LogP contribution in [0, 0.1) is 10.1 Å². The molecule has 6 heteroatoms. The number of benzene rings is 5. The largest absolute Gasteiger partial charge is 0.493 e. The molecule has 1 aliphatic carbocycles. The molecule has 0 saturated carbocycles. The number of aryl methyl sites for hydroxylation is 1. The van der Waals surface area contributed by atoms with Gasteiger partial charge >= 0.3 is 0 Å². The molecule has 6 nitrogen and oxygen atoms in total. The highest BCUT2D eigenvalue weighted by molar-refractivity contribution is 5.54. The Balaban J connectivity index is 1.49. The third-order valence-electron chi connectivity index (χ3n) is 8.72. The van der Waals surface area contributed by atoms with Crippen LogP contribution in [0.25, 0.3) is 0 Å². The summed E-state index contributed by atoms with van der Waals surface area (Å²) in [6.07, 6.45) is 1.02. The Morgan fingerprint density at radius 1 is 0.705 bits per heavy atom. The molecule has 0 aliphatic heterocycles. The van der Waals surface area contributed by atoms with Gasteiger partial charge in [0.2, 0.25) is 6.04 Å². The normalized spacial score (nSPS) is 16.1. The van der Waals surface area contributed by atoms with E-state index >= 15 is 0 Å². The van der Waals surface area contributed by atoms with E-state index in [1.807, 2.05) is 91.0 Å². The van der Waals surface area contributed by atoms with Crippen LogP contribution < -0.4 is 9.47 Å². The van der Waals surface area contributed by atoms with Gasteiger partial charge in [-0.05, 0) is 57.5 Å². The maximum atomic E-state index is 12.5. The highest BCUT2D eigenvalue weighted by Crippen LogP contribution is 2.45. The second-order valence-electron chi connectivity index (χ2n) is 11.0. The van der Waals surface area contributed by atoms with Gasteiger partial charge in [-0.2, -0.15) is 0 Å². The van der Waals surface area contributed by atoms with Crippen molar-refractivity contribution in [3.05, 3.63) is 176 Å². The van der Waals surface area contributed by atoms with Gasteiger partial charge in [-0.1, -0.05) is 115 Å². The third-order valence-corrected chi connectivity index (χ3v) is 8.72. The predicted octanol–water partition coefficient (Wildman–Crippen LogP) is 7.94. The molecule has 0 radical (unpaired) electrons. The molecule has 5 aromatic rings. The first kappa shape index (κ1) is 29.1. The van der Waals surface area contributed by atoms with Crippen LogP contribution in [0.3, 0.4) is 0 Å². The van der Waals surface area contributed by atoms with Gasteiger partial charge in [-0.25, -0.2) is 0 Å². The van der Waals surface area contributed by atoms with Crippen molar-refractivity contribution in [1.29, 1.82) is 0 Å². The standard InChI is InChI=1S/C38H35NO5/c1-42-35-24-27-22-23-34(39(40)41)37(33(27)25-36(35)43-2)32-21-13-12-14-28(32)26-44-38(29-15-6-3-7-16-29,30-17-8-4-9-18-30)31-19-10-5-11-20-31/h3-21,24-25,34,37H,22-23,26H2,1-2H3/t34-,37-/m1/s1. The van der Waals surface area contributed by atoms with Gasteiger partial charge in [-0.15, -0.1) is 0 Å². The van der Waals surface area contributed by atoms with E-state index in [1.54, 1.807) is 14.2 Å². The van der Waals surface area contributed by atoms with Crippen LogP contribution in [-0.4, -0.2) is 25.2 Å². The van der Waals surface area contributed by atoms with Crippen LogP contribution >= 0.6 is 0 Å². The Kier molecular flexibility index (Phi) is 8.44. The van der Waals surface area contributed by atoms with Crippen LogP contribution in [0.15, 0.2) is 127 Å². The SMILES string of the molecule is COc1cc2c(cc1OC)[C@@H](c1ccccc1COC(c1ccccc1)(c1ccccc1)c1ccccc1)[C@H]([N+](=O)[O-])CC2. The van der Waals surface area contributed by atoms with Crippen molar-refractivity contribution in [2.75, 3.05) is 14.2 Å². The van der Waals surface area contributed by atoms with Gasteiger partial charge < -0.3 is 14.2 Å². The zero-order valence-electron chi connectivity index (χ0n) is 24.9. The smallest absolute Gasteiger partial charge is 0.224 e. The van der Waals surface area contributed by atoms with Gasteiger partial charge in [0.1, 0.15) is 5.60 Å². The van der Waals surface area contributed by atoms with Crippen molar-refractivity contribution < 1.29 is 19.1 Å². The minimum Gasteiger partial charge on any atom is -0.493 e. The molecule has 6 rings (SSSR count). The van der Waals surface area contributed by atoms with E-state index in [0.717, 1.165) is 38.9 Å². The molecule has 0 spiro atoms. The average molecular weight is 586 g/mol.